The lowest BCUT2D eigenvalue weighted by Gasteiger charge is -2.21. The molecule has 0 spiro atoms. The van der Waals surface area contributed by atoms with Crippen LogP contribution in [-0.4, -0.2) is 15.9 Å². The number of thiazole rings is 1. The molecule has 1 aromatic heterocycles. The van der Waals surface area contributed by atoms with Gasteiger partial charge in [0.1, 0.15) is 5.82 Å². The second-order valence-corrected chi connectivity index (χ2v) is 6.08. The van der Waals surface area contributed by atoms with Crippen molar-refractivity contribution in [3.8, 4) is 0 Å². The molecule has 108 valence electrons. The van der Waals surface area contributed by atoms with Crippen LogP contribution in [0.1, 0.15) is 23.3 Å². The minimum Gasteiger partial charge on any atom is -0.375 e. The number of hydrogen-bond acceptors (Lipinski definition) is 4. The summed E-state index contributed by atoms with van der Waals surface area (Å²) < 4.78 is 13.2. The summed E-state index contributed by atoms with van der Waals surface area (Å²) in [5.41, 5.74) is 6.68. The summed E-state index contributed by atoms with van der Waals surface area (Å²) in [7, 11) is 0. The second-order valence-electron chi connectivity index (χ2n) is 4.93. The van der Waals surface area contributed by atoms with Gasteiger partial charge in [-0.05, 0) is 30.5 Å². The predicted molar refractivity (Wildman–Crippen MR) is 82.4 cm³/mol. The molecule has 0 bridgehead atoms. The first-order chi connectivity index (χ1) is 9.20. The van der Waals surface area contributed by atoms with Gasteiger partial charge in [-0.1, -0.05) is 12.1 Å². The number of aromatic nitrogens is 1. The molecule has 0 unspecified atom stereocenters. The lowest BCUT2D eigenvalue weighted by molar-refractivity contribution is 0.247. The molecule has 1 heterocycles. The maximum Gasteiger partial charge on any atom is 0.180 e. The number of hydrogen-bond donors (Lipinski definition) is 1. The molecule has 3 nitrogen and oxygen atoms in total. The van der Waals surface area contributed by atoms with Crippen LogP contribution in [0.4, 0.5) is 9.52 Å². The molecule has 1 aliphatic rings. The fourth-order valence-electron chi connectivity index (χ4n) is 2.22. The molecular formula is C14H17ClFN3S. The normalized spacial score (nSPS) is 14.3. The van der Waals surface area contributed by atoms with Gasteiger partial charge in [-0.2, -0.15) is 0 Å². The Morgan fingerprint density at radius 3 is 2.75 bits per heavy atom. The summed E-state index contributed by atoms with van der Waals surface area (Å²) in [6.07, 6.45) is 4.29. The minimum absolute atomic E-state index is 0. The van der Waals surface area contributed by atoms with Crippen LogP contribution in [0.2, 0.25) is 0 Å². The summed E-state index contributed by atoms with van der Waals surface area (Å²) in [5.74, 6) is -0.171. The lowest BCUT2D eigenvalue weighted by Crippen LogP contribution is -2.24. The highest BCUT2D eigenvalue weighted by Gasteiger charge is 2.29. The van der Waals surface area contributed by atoms with Crippen molar-refractivity contribution in [2.24, 2.45) is 0 Å². The van der Waals surface area contributed by atoms with E-state index in [-0.39, 0.29) is 18.2 Å². The number of nitrogen functional groups attached to an aromatic ring is 1. The summed E-state index contributed by atoms with van der Waals surface area (Å²) in [6.45, 7) is 1.62. The summed E-state index contributed by atoms with van der Waals surface area (Å²) in [5, 5.41) is 0.608. The van der Waals surface area contributed by atoms with Crippen molar-refractivity contribution in [3.05, 3.63) is 46.7 Å². The molecule has 0 atom stereocenters. The van der Waals surface area contributed by atoms with E-state index >= 15 is 0 Å². The largest absolute Gasteiger partial charge is 0.375 e. The maximum absolute atomic E-state index is 13.2. The third-order valence-corrected chi connectivity index (χ3v) is 4.08. The third-order valence-electron chi connectivity index (χ3n) is 3.27. The van der Waals surface area contributed by atoms with E-state index in [1.165, 1.54) is 35.1 Å². The highest BCUT2D eigenvalue weighted by Crippen LogP contribution is 2.31. The van der Waals surface area contributed by atoms with Crippen molar-refractivity contribution in [1.82, 2.24) is 9.88 Å². The summed E-state index contributed by atoms with van der Waals surface area (Å²) >= 11 is 1.53. The molecule has 0 radical (unpaired) electrons. The topological polar surface area (TPSA) is 42.1 Å². The van der Waals surface area contributed by atoms with Gasteiger partial charge in [0.05, 0.1) is 0 Å². The third kappa shape index (κ3) is 3.91. The Bertz CT molecular complexity index is 571. The SMILES string of the molecule is Cl.Nc1ncc(CN(Cc2cccc(F)c2)C2CC2)s1. The van der Waals surface area contributed by atoms with E-state index in [9.17, 15) is 4.39 Å². The molecule has 0 amide bonds. The van der Waals surface area contributed by atoms with Crippen LogP contribution in [0, 0.1) is 5.82 Å². The Hall–Kier alpha value is -1.17. The van der Waals surface area contributed by atoms with Gasteiger partial charge in [0.15, 0.2) is 5.13 Å². The zero-order chi connectivity index (χ0) is 13.2. The molecule has 1 saturated carbocycles. The molecule has 0 saturated heterocycles. The van der Waals surface area contributed by atoms with Gasteiger partial charge in [0.25, 0.3) is 0 Å². The van der Waals surface area contributed by atoms with E-state index in [0.717, 1.165) is 18.7 Å². The van der Waals surface area contributed by atoms with Crippen LogP contribution in [0.5, 0.6) is 0 Å². The van der Waals surface area contributed by atoms with E-state index in [4.69, 9.17) is 5.73 Å². The van der Waals surface area contributed by atoms with Crippen molar-refractivity contribution in [3.63, 3.8) is 0 Å². The highest BCUT2D eigenvalue weighted by molar-refractivity contribution is 7.15. The molecular weight excluding hydrogens is 297 g/mol. The summed E-state index contributed by atoms with van der Waals surface area (Å²) in [4.78, 5) is 7.62. The number of anilines is 1. The molecule has 3 rings (SSSR count). The molecule has 1 fully saturated rings. The monoisotopic (exact) mass is 313 g/mol. The van der Waals surface area contributed by atoms with E-state index in [0.29, 0.717) is 11.2 Å². The Kier molecular flexibility index (Phi) is 4.96. The smallest absolute Gasteiger partial charge is 0.180 e. The van der Waals surface area contributed by atoms with Crippen LogP contribution >= 0.6 is 23.7 Å². The predicted octanol–water partition coefficient (Wildman–Crippen LogP) is 3.45. The number of nitrogens with two attached hydrogens (primary N) is 1. The van der Waals surface area contributed by atoms with Crippen LogP contribution in [0.3, 0.4) is 0 Å². The minimum atomic E-state index is -0.171. The van der Waals surface area contributed by atoms with Crippen LogP contribution in [0.25, 0.3) is 0 Å². The Labute approximate surface area is 128 Å². The van der Waals surface area contributed by atoms with Crippen LogP contribution in [0.15, 0.2) is 30.5 Å². The molecule has 2 aromatic rings. The molecule has 20 heavy (non-hydrogen) atoms. The first-order valence-corrected chi connectivity index (χ1v) is 7.21. The van der Waals surface area contributed by atoms with E-state index < -0.39 is 0 Å². The lowest BCUT2D eigenvalue weighted by atomic mass is 10.2. The first-order valence-electron chi connectivity index (χ1n) is 6.39. The average Bonchev–Trinajstić information content (AvgIpc) is 3.13. The van der Waals surface area contributed by atoms with Gasteiger partial charge in [-0.25, -0.2) is 9.37 Å². The molecule has 2 N–H and O–H groups in total. The standard InChI is InChI=1S/C14H16FN3S.ClH/c15-11-3-1-2-10(6-11)8-18(12-4-5-12)9-13-7-17-14(16)19-13;/h1-3,6-7,12H,4-5,8-9H2,(H2,16,17);1H. The van der Waals surface area contributed by atoms with Crippen molar-refractivity contribution < 1.29 is 4.39 Å². The number of halogens is 2. The van der Waals surface area contributed by atoms with Gasteiger partial charge in [0.2, 0.25) is 0 Å². The summed E-state index contributed by atoms with van der Waals surface area (Å²) in [6, 6.07) is 7.44. The Morgan fingerprint density at radius 1 is 1.35 bits per heavy atom. The number of rotatable bonds is 5. The quantitative estimate of drug-likeness (QED) is 0.919. The van der Waals surface area contributed by atoms with E-state index in [2.05, 4.69) is 9.88 Å². The van der Waals surface area contributed by atoms with Gasteiger partial charge in [0, 0.05) is 30.2 Å². The van der Waals surface area contributed by atoms with Gasteiger partial charge >= 0.3 is 0 Å². The molecule has 6 heteroatoms. The molecule has 1 aromatic carbocycles. The van der Waals surface area contributed by atoms with Crippen molar-refractivity contribution >= 4 is 28.9 Å². The second kappa shape index (κ2) is 6.52. The van der Waals surface area contributed by atoms with E-state index in [1.807, 2.05) is 12.3 Å². The van der Waals surface area contributed by atoms with Crippen molar-refractivity contribution in [2.75, 3.05) is 5.73 Å². The fourth-order valence-corrected chi connectivity index (χ4v) is 2.93. The zero-order valence-electron chi connectivity index (χ0n) is 11.0. The maximum atomic E-state index is 13.2. The van der Waals surface area contributed by atoms with Crippen molar-refractivity contribution in [1.29, 1.82) is 0 Å². The highest BCUT2D eigenvalue weighted by atomic mass is 35.5. The molecule has 1 aliphatic carbocycles. The van der Waals surface area contributed by atoms with Crippen LogP contribution < -0.4 is 5.73 Å². The number of nitrogens with zero attached hydrogens (tertiary/aromatic N) is 2. The Morgan fingerprint density at radius 2 is 2.15 bits per heavy atom. The zero-order valence-corrected chi connectivity index (χ0v) is 12.6. The molecule has 0 aliphatic heterocycles. The number of benzene rings is 1. The average molecular weight is 314 g/mol. The fraction of sp³-hybridized carbons (Fsp3) is 0.357. The van der Waals surface area contributed by atoms with Gasteiger partial charge in [-0.3, -0.25) is 4.90 Å². The van der Waals surface area contributed by atoms with Gasteiger partial charge < -0.3 is 5.73 Å². The van der Waals surface area contributed by atoms with Gasteiger partial charge in [-0.15, -0.1) is 23.7 Å². The van der Waals surface area contributed by atoms with E-state index in [1.54, 1.807) is 12.1 Å². The Balaban J connectivity index is 0.00000147. The van der Waals surface area contributed by atoms with Crippen LogP contribution in [-0.2, 0) is 13.1 Å². The first kappa shape index (κ1) is 15.2. The van der Waals surface area contributed by atoms with Crippen molar-refractivity contribution in [2.45, 2.75) is 32.0 Å².